The normalized spacial score (nSPS) is 11.9. The molecule has 3 aromatic carbocycles. The van der Waals surface area contributed by atoms with Crippen LogP contribution < -0.4 is 0 Å². The van der Waals surface area contributed by atoms with Crippen LogP contribution in [0.25, 0.3) is 11.1 Å². The summed E-state index contributed by atoms with van der Waals surface area (Å²) in [5.41, 5.74) is 5.56. The van der Waals surface area contributed by atoms with Crippen LogP contribution in [0.4, 0.5) is 0 Å². The largest absolute Gasteiger partial charge is 0.508 e. The molecule has 0 atom stereocenters. The van der Waals surface area contributed by atoms with Gasteiger partial charge in [0, 0.05) is 5.33 Å². The van der Waals surface area contributed by atoms with E-state index in [1.165, 1.54) is 5.57 Å². The van der Waals surface area contributed by atoms with Gasteiger partial charge in [-0.15, -0.1) is 0 Å². The molecule has 0 amide bonds. The second-order valence-corrected chi connectivity index (χ2v) is 6.55. The number of halogens is 1. The van der Waals surface area contributed by atoms with Crippen LogP contribution in [-0.2, 0) is 0 Å². The Morgan fingerprint density at radius 1 is 0.640 bits per heavy atom. The van der Waals surface area contributed by atoms with Gasteiger partial charge in [-0.25, -0.2) is 0 Å². The summed E-state index contributed by atoms with van der Waals surface area (Å²) in [6.07, 6.45) is 0.843. The summed E-state index contributed by atoms with van der Waals surface area (Å²) < 4.78 is 0. The van der Waals surface area contributed by atoms with Crippen LogP contribution in [0.5, 0.6) is 11.5 Å². The van der Waals surface area contributed by atoms with Crippen molar-refractivity contribution in [3.8, 4) is 11.5 Å². The summed E-state index contributed by atoms with van der Waals surface area (Å²) in [5, 5.41) is 20.1. The Labute approximate surface area is 156 Å². The van der Waals surface area contributed by atoms with Gasteiger partial charge in [-0.05, 0) is 58.5 Å². The van der Waals surface area contributed by atoms with E-state index in [2.05, 4.69) is 28.1 Å². The van der Waals surface area contributed by atoms with E-state index in [0.29, 0.717) is 0 Å². The molecular weight excluding hydrogens is 376 g/mol. The molecule has 2 N–H and O–H groups in total. The van der Waals surface area contributed by atoms with Crippen molar-refractivity contribution in [1.82, 2.24) is 0 Å². The highest BCUT2D eigenvalue weighted by Crippen LogP contribution is 2.35. The zero-order valence-corrected chi connectivity index (χ0v) is 15.3. The number of allylic oxidation sites excluding steroid dienone is 1. The first kappa shape index (κ1) is 17.3. The number of aromatic hydroxyl groups is 2. The first-order valence-corrected chi connectivity index (χ1v) is 9.24. The highest BCUT2D eigenvalue weighted by atomic mass is 79.9. The zero-order valence-electron chi connectivity index (χ0n) is 13.7. The van der Waals surface area contributed by atoms with Crippen LogP contribution in [0, 0.1) is 0 Å². The molecule has 126 valence electrons. The van der Waals surface area contributed by atoms with Gasteiger partial charge in [0.05, 0.1) is 0 Å². The average Bonchev–Trinajstić information content (AvgIpc) is 2.64. The van der Waals surface area contributed by atoms with E-state index < -0.39 is 0 Å². The third kappa shape index (κ3) is 4.12. The highest BCUT2D eigenvalue weighted by molar-refractivity contribution is 9.09. The highest BCUT2D eigenvalue weighted by Gasteiger charge is 2.14. The van der Waals surface area contributed by atoms with Crippen molar-refractivity contribution in [2.24, 2.45) is 0 Å². The van der Waals surface area contributed by atoms with E-state index in [1.807, 2.05) is 42.5 Å². The lowest BCUT2D eigenvalue weighted by Crippen LogP contribution is -1.96. The van der Waals surface area contributed by atoms with Gasteiger partial charge < -0.3 is 10.2 Å². The molecule has 3 rings (SSSR count). The predicted molar refractivity (Wildman–Crippen MR) is 107 cm³/mol. The van der Waals surface area contributed by atoms with Crippen molar-refractivity contribution in [2.45, 2.75) is 6.42 Å². The third-order valence-corrected chi connectivity index (χ3v) is 4.48. The smallest absolute Gasteiger partial charge is 0.115 e. The Morgan fingerprint density at radius 2 is 1.12 bits per heavy atom. The molecule has 3 aromatic rings. The lowest BCUT2D eigenvalue weighted by molar-refractivity contribution is 0.474. The summed E-state index contributed by atoms with van der Waals surface area (Å²) in [4.78, 5) is 0. The molecule has 25 heavy (non-hydrogen) atoms. The molecule has 0 fully saturated rings. The molecule has 0 bridgehead atoms. The van der Waals surface area contributed by atoms with E-state index in [-0.39, 0.29) is 11.5 Å². The Morgan fingerprint density at radius 3 is 1.64 bits per heavy atom. The maximum absolute atomic E-state index is 9.65. The van der Waals surface area contributed by atoms with Gasteiger partial charge in [-0.1, -0.05) is 70.5 Å². The summed E-state index contributed by atoms with van der Waals surface area (Å²) in [6, 6.07) is 24.8. The van der Waals surface area contributed by atoms with Gasteiger partial charge in [-0.2, -0.15) is 0 Å². The number of hydrogen-bond acceptors (Lipinski definition) is 2. The summed E-state index contributed by atoms with van der Waals surface area (Å²) in [5.74, 6) is 0.510. The molecular formula is C22H19BrO2. The molecule has 2 nitrogen and oxygen atoms in total. The van der Waals surface area contributed by atoms with E-state index in [1.54, 1.807) is 24.3 Å². The Bertz CT molecular complexity index is 851. The summed E-state index contributed by atoms with van der Waals surface area (Å²) in [7, 11) is 0. The van der Waals surface area contributed by atoms with Crippen LogP contribution in [0.2, 0.25) is 0 Å². The van der Waals surface area contributed by atoms with E-state index in [0.717, 1.165) is 34.0 Å². The topological polar surface area (TPSA) is 40.5 Å². The second-order valence-electron chi connectivity index (χ2n) is 5.75. The molecule has 0 saturated heterocycles. The molecule has 0 heterocycles. The SMILES string of the molecule is Oc1ccc(/C(CCBr)=C(\c2ccccc2)c2ccc(O)cc2)cc1. The molecule has 0 radical (unpaired) electrons. The molecule has 0 aromatic heterocycles. The summed E-state index contributed by atoms with van der Waals surface area (Å²) >= 11 is 3.56. The van der Waals surface area contributed by atoms with Crippen LogP contribution in [0.1, 0.15) is 23.1 Å². The van der Waals surface area contributed by atoms with Crippen LogP contribution in [-0.4, -0.2) is 15.5 Å². The quantitative estimate of drug-likeness (QED) is 0.421. The van der Waals surface area contributed by atoms with Crippen molar-refractivity contribution in [2.75, 3.05) is 5.33 Å². The van der Waals surface area contributed by atoms with Gasteiger partial charge in [0.15, 0.2) is 0 Å². The fourth-order valence-electron chi connectivity index (χ4n) is 2.92. The van der Waals surface area contributed by atoms with Crippen molar-refractivity contribution in [3.05, 3.63) is 95.6 Å². The zero-order chi connectivity index (χ0) is 17.6. The fraction of sp³-hybridized carbons (Fsp3) is 0.0909. The van der Waals surface area contributed by atoms with Crippen molar-refractivity contribution in [1.29, 1.82) is 0 Å². The van der Waals surface area contributed by atoms with Crippen LogP contribution >= 0.6 is 15.9 Å². The van der Waals surface area contributed by atoms with Gasteiger partial charge in [0.2, 0.25) is 0 Å². The molecule has 0 aliphatic heterocycles. The maximum atomic E-state index is 9.65. The minimum atomic E-state index is 0.253. The lowest BCUT2D eigenvalue weighted by Gasteiger charge is -2.17. The lowest BCUT2D eigenvalue weighted by atomic mass is 9.88. The number of hydrogen-bond donors (Lipinski definition) is 2. The molecule has 0 unspecified atom stereocenters. The fourth-order valence-corrected chi connectivity index (χ4v) is 3.32. The number of benzene rings is 3. The Balaban J connectivity index is 2.26. The minimum Gasteiger partial charge on any atom is -0.508 e. The predicted octanol–water partition coefficient (Wildman–Crippen LogP) is 5.84. The molecule has 0 spiro atoms. The van der Waals surface area contributed by atoms with Gasteiger partial charge in [0.25, 0.3) is 0 Å². The first-order chi connectivity index (χ1) is 12.2. The molecule has 0 aliphatic rings. The monoisotopic (exact) mass is 394 g/mol. The third-order valence-electron chi connectivity index (χ3n) is 4.08. The van der Waals surface area contributed by atoms with Gasteiger partial charge in [-0.3, -0.25) is 0 Å². The number of phenolic OH excluding ortho intramolecular Hbond substituents is 2. The van der Waals surface area contributed by atoms with Crippen molar-refractivity contribution < 1.29 is 10.2 Å². The van der Waals surface area contributed by atoms with E-state index >= 15 is 0 Å². The maximum Gasteiger partial charge on any atom is 0.115 e. The van der Waals surface area contributed by atoms with Crippen molar-refractivity contribution in [3.63, 3.8) is 0 Å². The average molecular weight is 395 g/mol. The van der Waals surface area contributed by atoms with Gasteiger partial charge >= 0.3 is 0 Å². The van der Waals surface area contributed by atoms with E-state index in [4.69, 9.17) is 0 Å². The van der Waals surface area contributed by atoms with Gasteiger partial charge in [0.1, 0.15) is 11.5 Å². The first-order valence-electron chi connectivity index (χ1n) is 8.12. The van der Waals surface area contributed by atoms with Crippen LogP contribution in [0.15, 0.2) is 78.9 Å². The number of phenols is 2. The Hall–Kier alpha value is -2.52. The number of alkyl halides is 1. The van der Waals surface area contributed by atoms with Crippen molar-refractivity contribution >= 4 is 27.1 Å². The van der Waals surface area contributed by atoms with Crippen LogP contribution in [0.3, 0.4) is 0 Å². The second kappa shape index (κ2) is 8.04. The number of rotatable bonds is 5. The molecule has 3 heteroatoms. The Kier molecular flexibility index (Phi) is 5.56. The summed E-state index contributed by atoms with van der Waals surface area (Å²) in [6.45, 7) is 0. The molecule has 0 aliphatic carbocycles. The van der Waals surface area contributed by atoms with E-state index in [9.17, 15) is 10.2 Å². The minimum absolute atomic E-state index is 0.253. The standard InChI is InChI=1S/C22H19BrO2/c23-15-14-21(16-6-10-19(24)11-7-16)22(17-4-2-1-3-5-17)18-8-12-20(25)13-9-18/h1-13,24-25H,14-15H2/b22-21+. The molecule has 0 saturated carbocycles.